The number of anilines is 1. The molecule has 0 spiro atoms. The highest BCUT2D eigenvalue weighted by molar-refractivity contribution is 7.92. The van der Waals surface area contributed by atoms with Crippen LogP contribution in [0.1, 0.15) is 12.5 Å². The largest absolute Gasteiger partial charge is 0.493 e. The van der Waals surface area contributed by atoms with Gasteiger partial charge in [-0.15, -0.1) is 0 Å². The van der Waals surface area contributed by atoms with Crippen LogP contribution in [0.25, 0.3) is 0 Å². The first-order valence-electron chi connectivity index (χ1n) is 7.68. The van der Waals surface area contributed by atoms with Gasteiger partial charge in [-0.2, -0.15) is 5.26 Å². The van der Waals surface area contributed by atoms with E-state index in [9.17, 15) is 8.42 Å². The van der Waals surface area contributed by atoms with Gasteiger partial charge in [-0.1, -0.05) is 12.1 Å². The van der Waals surface area contributed by atoms with E-state index in [0.29, 0.717) is 17.2 Å². The first-order valence-corrected chi connectivity index (χ1v) is 9.12. The van der Waals surface area contributed by atoms with E-state index in [2.05, 4.69) is 6.07 Å². The summed E-state index contributed by atoms with van der Waals surface area (Å²) in [6.07, 6.45) is 0.287. The topological polar surface area (TPSA) is 79.6 Å². The van der Waals surface area contributed by atoms with Crippen LogP contribution in [-0.4, -0.2) is 29.2 Å². The molecule has 0 atom stereocenters. The molecule has 7 heteroatoms. The Balaban J connectivity index is 2.43. The van der Waals surface area contributed by atoms with Crippen molar-refractivity contribution in [1.82, 2.24) is 0 Å². The smallest absolute Gasteiger partial charge is 0.264 e. The van der Waals surface area contributed by atoms with Crippen LogP contribution < -0.4 is 13.8 Å². The van der Waals surface area contributed by atoms with Crippen LogP contribution in [-0.2, 0) is 16.4 Å². The van der Waals surface area contributed by atoms with Crippen LogP contribution in [0.5, 0.6) is 11.5 Å². The number of nitriles is 1. The number of hydrogen-bond acceptors (Lipinski definition) is 5. The van der Waals surface area contributed by atoms with Gasteiger partial charge in [-0.25, -0.2) is 8.42 Å². The van der Waals surface area contributed by atoms with E-state index < -0.39 is 10.0 Å². The standard InChI is InChI=1S/C18H20N2O4S/c1-4-20(15-7-5-14(6-8-15)11-12-19)25(21,22)16-9-10-17(23-2)18(13-16)24-3/h5-10,13H,4,11H2,1-3H3. The predicted octanol–water partition coefficient (Wildman–Crippen LogP) is 2.99. The van der Waals surface area contributed by atoms with Crippen molar-refractivity contribution in [1.29, 1.82) is 5.26 Å². The van der Waals surface area contributed by atoms with Crippen molar-refractivity contribution in [2.45, 2.75) is 18.2 Å². The molecular weight excluding hydrogens is 340 g/mol. The lowest BCUT2D eigenvalue weighted by molar-refractivity contribution is 0.354. The molecule has 0 N–H and O–H groups in total. The molecule has 0 saturated heterocycles. The molecule has 0 amide bonds. The lowest BCUT2D eigenvalue weighted by Gasteiger charge is -2.23. The SMILES string of the molecule is CCN(c1ccc(CC#N)cc1)S(=O)(=O)c1ccc(OC)c(OC)c1. The molecule has 0 radical (unpaired) electrons. The summed E-state index contributed by atoms with van der Waals surface area (Å²) in [6.45, 7) is 2.04. The van der Waals surface area contributed by atoms with Crippen LogP contribution in [0.4, 0.5) is 5.69 Å². The molecule has 132 valence electrons. The minimum absolute atomic E-state index is 0.119. The van der Waals surface area contributed by atoms with Gasteiger partial charge in [-0.05, 0) is 36.8 Å². The third-order valence-electron chi connectivity index (χ3n) is 3.74. The number of rotatable bonds is 7. The van der Waals surface area contributed by atoms with Crippen molar-refractivity contribution in [3.63, 3.8) is 0 Å². The zero-order valence-electron chi connectivity index (χ0n) is 14.4. The summed E-state index contributed by atoms with van der Waals surface area (Å²) in [5.41, 5.74) is 1.38. The molecule has 0 aliphatic heterocycles. The Bertz CT molecular complexity index is 871. The van der Waals surface area contributed by atoms with Crippen LogP contribution in [0.15, 0.2) is 47.4 Å². The number of nitrogens with zero attached hydrogens (tertiary/aromatic N) is 2. The van der Waals surface area contributed by atoms with E-state index in [1.165, 1.54) is 30.7 Å². The van der Waals surface area contributed by atoms with Crippen LogP contribution in [0, 0.1) is 11.3 Å². The fourth-order valence-corrected chi connectivity index (χ4v) is 3.96. The van der Waals surface area contributed by atoms with Crippen molar-refractivity contribution < 1.29 is 17.9 Å². The summed E-state index contributed by atoms with van der Waals surface area (Å²) in [5.74, 6) is 0.814. The Hall–Kier alpha value is -2.72. The number of hydrogen-bond donors (Lipinski definition) is 0. The molecule has 2 aromatic carbocycles. The van der Waals surface area contributed by atoms with E-state index >= 15 is 0 Å². The van der Waals surface area contributed by atoms with Gasteiger partial charge in [0.2, 0.25) is 0 Å². The molecule has 0 saturated carbocycles. The average Bonchev–Trinajstić information content (AvgIpc) is 2.63. The Kier molecular flexibility index (Phi) is 5.88. The van der Waals surface area contributed by atoms with Crippen molar-refractivity contribution in [3.8, 4) is 17.6 Å². The second-order valence-electron chi connectivity index (χ2n) is 5.19. The van der Waals surface area contributed by atoms with Gasteiger partial charge in [0.1, 0.15) is 0 Å². The Labute approximate surface area is 148 Å². The van der Waals surface area contributed by atoms with E-state index in [0.717, 1.165) is 5.56 Å². The van der Waals surface area contributed by atoms with Crippen molar-refractivity contribution in [2.75, 3.05) is 25.1 Å². The van der Waals surface area contributed by atoms with Gasteiger partial charge in [0.25, 0.3) is 10.0 Å². The zero-order valence-corrected chi connectivity index (χ0v) is 15.2. The molecule has 0 aliphatic carbocycles. The van der Waals surface area contributed by atoms with Crippen molar-refractivity contribution in [2.24, 2.45) is 0 Å². The number of sulfonamides is 1. The second-order valence-corrected chi connectivity index (χ2v) is 7.05. The number of ether oxygens (including phenoxy) is 2. The maximum atomic E-state index is 13.0. The van der Waals surface area contributed by atoms with Gasteiger partial charge in [-0.3, -0.25) is 4.31 Å². The third kappa shape index (κ3) is 3.86. The molecule has 0 fully saturated rings. The Morgan fingerprint density at radius 1 is 1.04 bits per heavy atom. The van der Waals surface area contributed by atoms with E-state index in [-0.39, 0.29) is 17.9 Å². The molecule has 25 heavy (non-hydrogen) atoms. The fourth-order valence-electron chi connectivity index (χ4n) is 2.47. The van der Waals surface area contributed by atoms with Gasteiger partial charge in [0.05, 0.1) is 37.3 Å². The van der Waals surface area contributed by atoms with E-state index in [4.69, 9.17) is 14.7 Å². The second kappa shape index (κ2) is 7.90. The lowest BCUT2D eigenvalue weighted by atomic mass is 10.1. The fraction of sp³-hybridized carbons (Fsp3) is 0.278. The zero-order chi connectivity index (χ0) is 18.4. The molecule has 0 aliphatic rings. The summed E-state index contributed by atoms with van der Waals surface area (Å²) in [6, 6.07) is 13.5. The first-order chi connectivity index (χ1) is 12.0. The molecule has 0 unspecified atom stereocenters. The molecule has 6 nitrogen and oxygen atoms in total. The highest BCUT2D eigenvalue weighted by Gasteiger charge is 2.25. The quantitative estimate of drug-likeness (QED) is 0.758. The van der Waals surface area contributed by atoms with Crippen molar-refractivity contribution in [3.05, 3.63) is 48.0 Å². The highest BCUT2D eigenvalue weighted by atomic mass is 32.2. The minimum Gasteiger partial charge on any atom is -0.493 e. The number of benzene rings is 2. The predicted molar refractivity (Wildman–Crippen MR) is 95.5 cm³/mol. The summed E-state index contributed by atoms with van der Waals surface area (Å²) in [7, 11) is -0.803. The number of methoxy groups -OCH3 is 2. The van der Waals surface area contributed by atoms with Crippen LogP contribution in [0.3, 0.4) is 0 Å². The highest BCUT2D eigenvalue weighted by Crippen LogP contribution is 2.32. The Morgan fingerprint density at radius 3 is 2.20 bits per heavy atom. The molecule has 0 bridgehead atoms. The summed E-state index contributed by atoms with van der Waals surface area (Å²) >= 11 is 0. The molecule has 0 heterocycles. The van der Waals surface area contributed by atoms with Gasteiger partial charge in [0, 0.05) is 12.6 Å². The molecule has 2 rings (SSSR count). The van der Waals surface area contributed by atoms with Gasteiger partial charge in [0.15, 0.2) is 11.5 Å². The van der Waals surface area contributed by atoms with E-state index in [1.807, 2.05) is 0 Å². The van der Waals surface area contributed by atoms with E-state index in [1.54, 1.807) is 37.3 Å². The first kappa shape index (κ1) is 18.6. The van der Waals surface area contributed by atoms with Gasteiger partial charge < -0.3 is 9.47 Å². The van der Waals surface area contributed by atoms with Crippen molar-refractivity contribution >= 4 is 15.7 Å². The maximum Gasteiger partial charge on any atom is 0.264 e. The lowest BCUT2D eigenvalue weighted by Crippen LogP contribution is -2.30. The molecule has 2 aromatic rings. The summed E-state index contributed by atoms with van der Waals surface area (Å²) in [5, 5.41) is 8.74. The summed E-state index contributed by atoms with van der Waals surface area (Å²) < 4.78 is 37.7. The minimum atomic E-state index is -3.75. The third-order valence-corrected chi connectivity index (χ3v) is 5.64. The monoisotopic (exact) mass is 360 g/mol. The van der Waals surface area contributed by atoms with Crippen LogP contribution >= 0.6 is 0 Å². The molecular formula is C18H20N2O4S. The Morgan fingerprint density at radius 2 is 1.68 bits per heavy atom. The average molecular weight is 360 g/mol. The van der Waals surface area contributed by atoms with Crippen LogP contribution in [0.2, 0.25) is 0 Å². The normalized spacial score (nSPS) is 10.8. The maximum absolute atomic E-state index is 13.0. The molecule has 0 aromatic heterocycles. The summed E-state index contributed by atoms with van der Waals surface area (Å²) in [4.78, 5) is 0.119. The van der Waals surface area contributed by atoms with Gasteiger partial charge >= 0.3 is 0 Å².